The topological polar surface area (TPSA) is 42.0 Å². The lowest BCUT2D eigenvalue weighted by molar-refractivity contribution is 0.0633. The van der Waals surface area contributed by atoms with Crippen LogP contribution in [0.3, 0.4) is 0 Å². The van der Waals surface area contributed by atoms with Crippen molar-refractivity contribution in [1.82, 2.24) is 9.80 Å². The lowest BCUT2D eigenvalue weighted by Crippen LogP contribution is -2.48. The molecule has 1 aliphatic heterocycles. The number of nitrogens with zero attached hydrogens (tertiary/aromatic N) is 2. The van der Waals surface area contributed by atoms with E-state index in [9.17, 15) is 4.79 Å². The standard InChI is InChI=1S/C24H24Cl2N2O3S/c1-30-20-4-6-21(7-5-20)31-15-17-12-23(32-16-17)24(29)28-10-8-27(9-11-28)14-18-2-3-19(25)13-22(18)26/h2-7,12-13,16H,8-11,14-15H2,1H3. The van der Waals surface area contributed by atoms with E-state index in [0.29, 0.717) is 29.7 Å². The second-order valence-corrected chi connectivity index (χ2v) is 9.34. The highest BCUT2D eigenvalue weighted by atomic mass is 35.5. The SMILES string of the molecule is COc1ccc(OCc2csc(C(=O)N3CCN(Cc4ccc(Cl)cc4Cl)CC3)c2)cc1. The molecule has 1 aromatic heterocycles. The first kappa shape index (κ1) is 22.9. The molecular formula is C24H24Cl2N2O3S. The van der Waals surface area contributed by atoms with Gasteiger partial charge in [0, 0.05) is 48.3 Å². The molecule has 0 unspecified atom stereocenters. The van der Waals surface area contributed by atoms with Crippen molar-refractivity contribution in [1.29, 1.82) is 0 Å². The minimum atomic E-state index is 0.0786. The van der Waals surface area contributed by atoms with Crippen molar-refractivity contribution in [2.75, 3.05) is 33.3 Å². The summed E-state index contributed by atoms with van der Waals surface area (Å²) in [6.45, 7) is 4.18. The fourth-order valence-electron chi connectivity index (χ4n) is 3.56. The van der Waals surface area contributed by atoms with Gasteiger partial charge in [-0.2, -0.15) is 0 Å². The van der Waals surface area contributed by atoms with Gasteiger partial charge in [0.2, 0.25) is 0 Å². The number of rotatable bonds is 7. The maximum atomic E-state index is 12.9. The minimum Gasteiger partial charge on any atom is -0.497 e. The molecule has 0 spiro atoms. The van der Waals surface area contributed by atoms with Gasteiger partial charge in [-0.25, -0.2) is 0 Å². The van der Waals surface area contributed by atoms with E-state index >= 15 is 0 Å². The third-order valence-electron chi connectivity index (χ3n) is 5.40. The molecule has 1 amide bonds. The predicted molar refractivity (Wildman–Crippen MR) is 129 cm³/mol. The van der Waals surface area contributed by atoms with Crippen molar-refractivity contribution in [2.24, 2.45) is 0 Å². The van der Waals surface area contributed by atoms with Crippen molar-refractivity contribution in [3.63, 3.8) is 0 Å². The van der Waals surface area contributed by atoms with Gasteiger partial charge in [-0.05, 0) is 53.4 Å². The second kappa shape index (κ2) is 10.6. The minimum absolute atomic E-state index is 0.0786. The molecule has 4 rings (SSSR count). The number of methoxy groups -OCH3 is 1. The molecule has 2 heterocycles. The Morgan fingerprint density at radius 1 is 1.00 bits per heavy atom. The summed E-state index contributed by atoms with van der Waals surface area (Å²) < 4.78 is 11.0. The number of thiophene rings is 1. The summed E-state index contributed by atoms with van der Waals surface area (Å²) in [6.07, 6.45) is 0. The highest BCUT2D eigenvalue weighted by Gasteiger charge is 2.23. The quantitative estimate of drug-likeness (QED) is 0.432. The summed E-state index contributed by atoms with van der Waals surface area (Å²) in [5.41, 5.74) is 2.04. The Kier molecular flexibility index (Phi) is 7.58. The van der Waals surface area contributed by atoms with Gasteiger partial charge in [-0.1, -0.05) is 29.3 Å². The Bertz CT molecular complexity index is 1060. The van der Waals surface area contributed by atoms with E-state index < -0.39 is 0 Å². The van der Waals surface area contributed by atoms with Gasteiger partial charge >= 0.3 is 0 Å². The molecule has 8 heteroatoms. The molecule has 2 aromatic carbocycles. The average Bonchev–Trinajstić information content (AvgIpc) is 3.29. The van der Waals surface area contributed by atoms with Crippen LogP contribution in [0.4, 0.5) is 0 Å². The van der Waals surface area contributed by atoms with E-state index in [4.69, 9.17) is 32.7 Å². The first-order valence-electron chi connectivity index (χ1n) is 10.3. The number of hydrogen-bond acceptors (Lipinski definition) is 5. The maximum Gasteiger partial charge on any atom is 0.264 e. The number of hydrogen-bond donors (Lipinski definition) is 0. The van der Waals surface area contributed by atoms with Crippen LogP contribution in [-0.2, 0) is 13.2 Å². The molecule has 168 valence electrons. The summed E-state index contributed by atoms with van der Waals surface area (Å²) in [5, 5.41) is 3.30. The first-order chi connectivity index (χ1) is 15.5. The molecule has 1 saturated heterocycles. The fourth-order valence-corrected chi connectivity index (χ4v) is 4.89. The van der Waals surface area contributed by atoms with E-state index in [1.54, 1.807) is 13.2 Å². The molecular weight excluding hydrogens is 467 g/mol. The van der Waals surface area contributed by atoms with Crippen LogP contribution >= 0.6 is 34.5 Å². The maximum absolute atomic E-state index is 12.9. The van der Waals surface area contributed by atoms with Crippen molar-refractivity contribution >= 4 is 40.4 Å². The lowest BCUT2D eigenvalue weighted by atomic mass is 10.2. The van der Waals surface area contributed by atoms with Crippen LogP contribution in [0.25, 0.3) is 0 Å². The third-order valence-corrected chi connectivity index (χ3v) is 6.95. The number of amides is 1. The van der Waals surface area contributed by atoms with Crippen LogP contribution in [0.2, 0.25) is 10.0 Å². The number of benzene rings is 2. The number of ether oxygens (including phenoxy) is 2. The van der Waals surface area contributed by atoms with Crippen molar-refractivity contribution in [3.05, 3.63) is 80.0 Å². The molecule has 3 aromatic rings. The van der Waals surface area contributed by atoms with Crippen LogP contribution in [0, 0.1) is 0 Å². The van der Waals surface area contributed by atoms with Gasteiger partial charge in [-0.3, -0.25) is 9.69 Å². The lowest BCUT2D eigenvalue weighted by Gasteiger charge is -2.34. The summed E-state index contributed by atoms with van der Waals surface area (Å²) >= 11 is 13.7. The van der Waals surface area contributed by atoms with E-state index in [0.717, 1.165) is 47.1 Å². The molecule has 0 bridgehead atoms. The smallest absolute Gasteiger partial charge is 0.264 e. The van der Waals surface area contributed by atoms with Gasteiger partial charge in [0.15, 0.2) is 0 Å². The Morgan fingerprint density at radius 2 is 1.72 bits per heavy atom. The van der Waals surface area contributed by atoms with E-state index in [2.05, 4.69) is 4.90 Å². The Morgan fingerprint density at radius 3 is 2.41 bits per heavy atom. The van der Waals surface area contributed by atoms with E-state index in [-0.39, 0.29) is 5.91 Å². The largest absolute Gasteiger partial charge is 0.497 e. The number of halogens is 2. The summed E-state index contributed by atoms with van der Waals surface area (Å²) in [7, 11) is 1.63. The van der Waals surface area contributed by atoms with Crippen molar-refractivity contribution in [3.8, 4) is 11.5 Å². The normalized spacial score (nSPS) is 14.4. The monoisotopic (exact) mass is 490 g/mol. The molecule has 0 atom stereocenters. The van der Waals surface area contributed by atoms with Gasteiger partial charge < -0.3 is 14.4 Å². The van der Waals surface area contributed by atoms with Crippen molar-refractivity contribution < 1.29 is 14.3 Å². The molecule has 32 heavy (non-hydrogen) atoms. The third kappa shape index (κ3) is 5.75. The van der Waals surface area contributed by atoms with Crippen molar-refractivity contribution in [2.45, 2.75) is 13.2 Å². The van der Waals surface area contributed by atoms with Crippen LogP contribution < -0.4 is 9.47 Å². The van der Waals surface area contributed by atoms with Gasteiger partial charge in [0.05, 0.1) is 12.0 Å². The van der Waals surface area contributed by atoms with Gasteiger partial charge in [0.25, 0.3) is 5.91 Å². The summed E-state index contributed by atoms with van der Waals surface area (Å²) in [4.78, 5) is 17.9. The highest BCUT2D eigenvalue weighted by molar-refractivity contribution is 7.12. The molecule has 1 aliphatic rings. The summed E-state index contributed by atoms with van der Waals surface area (Å²) in [5.74, 6) is 1.63. The Labute approximate surface area is 202 Å². The molecule has 1 fully saturated rings. The number of carbonyl (C=O) groups excluding carboxylic acids is 1. The van der Waals surface area contributed by atoms with Gasteiger partial charge in [-0.15, -0.1) is 11.3 Å². The van der Waals surface area contributed by atoms with Crippen LogP contribution in [0.15, 0.2) is 53.9 Å². The number of carbonyl (C=O) groups is 1. The second-order valence-electron chi connectivity index (χ2n) is 7.59. The summed E-state index contributed by atoms with van der Waals surface area (Å²) in [6, 6.07) is 15.0. The van der Waals surface area contributed by atoms with Crippen LogP contribution in [0.1, 0.15) is 20.8 Å². The van der Waals surface area contributed by atoms with Crippen LogP contribution in [-0.4, -0.2) is 49.0 Å². The molecule has 5 nitrogen and oxygen atoms in total. The zero-order valence-electron chi connectivity index (χ0n) is 17.7. The van der Waals surface area contributed by atoms with Gasteiger partial charge in [0.1, 0.15) is 18.1 Å². The predicted octanol–water partition coefficient (Wildman–Crippen LogP) is 5.60. The molecule has 0 radical (unpaired) electrons. The fraction of sp³-hybridized carbons (Fsp3) is 0.292. The van der Waals surface area contributed by atoms with E-state index in [1.165, 1.54) is 11.3 Å². The van der Waals surface area contributed by atoms with Crippen LogP contribution in [0.5, 0.6) is 11.5 Å². The first-order valence-corrected chi connectivity index (χ1v) is 11.9. The Hall–Kier alpha value is -2.25. The molecule has 0 aliphatic carbocycles. The highest BCUT2D eigenvalue weighted by Crippen LogP contribution is 2.24. The molecule has 0 saturated carbocycles. The Balaban J connectivity index is 1.27. The number of piperazine rings is 1. The van der Waals surface area contributed by atoms with E-state index in [1.807, 2.05) is 52.7 Å². The zero-order valence-corrected chi connectivity index (χ0v) is 20.1. The molecule has 0 N–H and O–H groups in total. The zero-order chi connectivity index (χ0) is 22.5. The average molecular weight is 491 g/mol.